The number of carbonyl (C=O) groups excluding carboxylic acids is 1. The molecule has 4 aliphatic rings. The van der Waals surface area contributed by atoms with Crippen LogP contribution in [-0.4, -0.2) is 43.1 Å². The number of hydrogen-bond acceptors (Lipinski definition) is 3. The van der Waals surface area contributed by atoms with Gasteiger partial charge in [0, 0.05) is 12.5 Å². The summed E-state index contributed by atoms with van der Waals surface area (Å²) in [6.07, 6.45) is 3.25. The average Bonchev–Trinajstić information content (AvgIpc) is 3.13. The number of methoxy groups -OCH3 is 1. The number of allylic oxidation sites excluding steroid dienone is 2. The third kappa shape index (κ3) is 1.58. The van der Waals surface area contributed by atoms with Crippen molar-refractivity contribution in [3.63, 3.8) is 0 Å². The van der Waals surface area contributed by atoms with Crippen molar-refractivity contribution in [1.82, 2.24) is 0 Å². The van der Waals surface area contributed by atoms with Gasteiger partial charge in [0.2, 0.25) is 0 Å². The van der Waals surface area contributed by atoms with Crippen LogP contribution < -0.4 is 0 Å². The molecular weight excluding hydrogens is 268 g/mol. The van der Waals surface area contributed by atoms with Gasteiger partial charge in [0.05, 0.1) is 5.57 Å². The van der Waals surface area contributed by atoms with Gasteiger partial charge < -0.3 is 14.6 Å². The van der Waals surface area contributed by atoms with Crippen LogP contribution in [0.3, 0.4) is 0 Å². The van der Waals surface area contributed by atoms with E-state index >= 15 is 0 Å². The number of fused-ring (bicyclic) bond motifs is 4. The molecule has 1 heterocycles. The van der Waals surface area contributed by atoms with Crippen LogP contribution in [0.2, 0.25) is 0 Å². The molecule has 0 spiro atoms. The summed E-state index contributed by atoms with van der Waals surface area (Å²) in [4.78, 5) is 0. The van der Waals surface area contributed by atoms with E-state index in [4.69, 9.17) is 13.9 Å². The highest BCUT2D eigenvalue weighted by atomic mass is 16.7. The Morgan fingerprint density at radius 3 is 2.90 bits per heavy atom. The molecule has 3 aliphatic carbocycles. The molecule has 114 valence electrons. The minimum atomic E-state index is -0.925. The molecule has 0 aromatic rings. The molecule has 0 aromatic carbocycles. The van der Waals surface area contributed by atoms with Crippen LogP contribution in [0.25, 0.3) is 0 Å². The van der Waals surface area contributed by atoms with Crippen molar-refractivity contribution in [2.45, 2.75) is 38.9 Å². The lowest BCUT2D eigenvalue weighted by Crippen LogP contribution is -2.48. The first-order valence-electron chi connectivity index (χ1n) is 7.67. The molecule has 5 atom stereocenters. The van der Waals surface area contributed by atoms with Crippen LogP contribution >= 0.6 is 0 Å². The van der Waals surface area contributed by atoms with Gasteiger partial charge in [-0.3, -0.25) is 4.42 Å². The van der Waals surface area contributed by atoms with Crippen molar-refractivity contribution in [2.24, 2.45) is 17.3 Å². The fraction of sp³-hybridized carbons (Fsp3) is 0.706. The van der Waals surface area contributed by atoms with E-state index in [1.807, 2.05) is 6.92 Å². The highest BCUT2D eigenvalue weighted by Crippen LogP contribution is 2.68. The topological polar surface area (TPSA) is 50.0 Å². The zero-order valence-corrected chi connectivity index (χ0v) is 13.1. The number of rotatable bonds is 3. The first-order chi connectivity index (χ1) is 9.91. The summed E-state index contributed by atoms with van der Waals surface area (Å²) in [6, 6.07) is 0. The SMILES string of the molecule is COCO[C@@H]1C2=[O+]CC(C)(O)C2=CC2=C(C)[C@H]3C[C@H]3[C@@]21C. The van der Waals surface area contributed by atoms with E-state index < -0.39 is 5.60 Å². The summed E-state index contributed by atoms with van der Waals surface area (Å²) in [5, 5.41) is 10.6. The smallest absolute Gasteiger partial charge is 0.355 e. The summed E-state index contributed by atoms with van der Waals surface area (Å²) in [5.74, 6) is 2.12. The Morgan fingerprint density at radius 1 is 1.43 bits per heavy atom. The minimum Gasteiger partial charge on any atom is -0.376 e. The summed E-state index contributed by atoms with van der Waals surface area (Å²) in [7, 11) is 1.63. The third-order valence-corrected chi connectivity index (χ3v) is 5.90. The highest BCUT2D eigenvalue weighted by molar-refractivity contribution is 6.05. The van der Waals surface area contributed by atoms with Crippen LogP contribution in [0.5, 0.6) is 0 Å². The van der Waals surface area contributed by atoms with Crippen molar-refractivity contribution in [2.75, 3.05) is 20.5 Å². The normalized spacial score (nSPS) is 46.8. The van der Waals surface area contributed by atoms with Crippen molar-refractivity contribution in [3.05, 3.63) is 22.8 Å². The Kier molecular flexibility index (Phi) is 2.64. The fourth-order valence-corrected chi connectivity index (χ4v) is 4.65. The van der Waals surface area contributed by atoms with E-state index in [1.165, 1.54) is 17.6 Å². The van der Waals surface area contributed by atoms with Gasteiger partial charge in [-0.25, -0.2) is 0 Å². The van der Waals surface area contributed by atoms with Gasteiger partial charge in [-0.05, 0) is 43.8 Å². The predicted molar refractivity (Wildman–Crippen MR) is 77.7 cm³/mol. The second kappa shape index (κ2) is 4.06. The number of aliphatic hydroxyl groups is 1. The van der Waals surface area contributed by atoms with E-state index in [1.54, 1.807) is 7.11 Å². The van der Waals surface area contributed by atoms with Gasteiger partial charge in [0.15, 0.2) is 11.7 Å². The Balaban J connectivity index is 1.85. The third-order valence-electron chi connectivity index (χ3n) is 5.90. The minimum absolute atomic E-state index is 0.0491. The molecular formula is C17H23O4+. The zero-order chi connectivity index (χ0) is 15.0. The second-order valence-corrected chi connectivity index (χ2v) is 7.27. The summed E-state index contributed by atoms with van der Waals surface area (Å²) >= 11 is 0. The van der Waals surface area contributed by atoms with Gasteiger partial charge >= 0.3 is 5.78 Å². The molecule has 21 heavy (non-hydrogen) atoms. The molecule has 4 rings (SSSR count). The standard InChI is InChI=1S/C17H23O4/c1-9-10-5-12(10)17(3)11(9)6-13-14(15(17)21-8-19-4)20-7-16(13,2)18/h6,10,12,15,18H,5,7-8H2,1-4H3/q+1/t10-,12-,15-,16?,17-/m1/s1. The van der Waals surface area contributed by atoms with Crippen LogP contribution in [0, 0.1) is 17.3 Å². The number of ketones is 1. The van der Waals surface area contributed by atoms with Gasteiger partial charge in [-0.2, -0.15) is 0 Å². The molecule has 4 nitrogen and oxygen atoms in total. The predicted octanol–water partition coefficient (Wildman–Crippen LogP) is 1.76. The van der Waals surface area contributed by atoms with E-state index in [0.29, 0.717) is 18.4 Å². The first kappa shape index (κ1) is 13.7. The number of hydrogen-bond donors (Lipinski definition) is 1. The lowest BCUT2D eigenvalue weighted by Gasteiger charge is -2.38. The maximum Gasteiger partial charge on any atom is 0.355 e. The maximum atomic E-state index is 10.6. The maximum absolute atomic E-state index is 10.6. The van der Waals surface area contributed by atoms with E-state index in [0.717, 1.165) is 11.4 Å². The molecule has 4 heteroatoms. The van der Waals surface area contributed by atoms with Gasteiger partial charge in [-0.1, -0.05) is 12.5 Å². The molecule has 0 aromatic heterocycles. The zero-order valence-electron chi connectivity index (χ0n) is 13.1. The van der Waals surface area contributed by atoms with Crippen LogP contribution in [0.1, 0.15) is 27.2 Å². The fourth-order valence-electron chi connectivity index (χ4n) is 4.65. The quantitative estimate of drug-likeness (QED) is 0.637. The Morgan fingerprint density at radius 2 is 2.19 bits per heavy atom. The van der Waals surface area contributed by atoms with E-state index in [2.05, 4.69) is 19.9 Å². The molecule has 0 radical (unpaired) electrons. The van der Waals surface area contributed by atoms with E-state index in [9.17, 15) is 5.11 Å². The Bertz CT molecular complexity index is 598. The summed E-state index contributed by atoms with van der Waals surface area (Å²) in [5.41, 5.74) is 2.71. The molecule has 1 N–H and O–H groups in total. The largest absolute Gasteiger partial charge is 0.376 e. The van der Waals surface area contributed by atoms with Crippen LogP contribution in [-0.2, 0) is 13.9 Å². The van der Waals surface area contributed by atoms with E-state index in [-0.39, 0.29) is 18.3 Å². The van der Waals surface area contributed by atoms with Gasteiger partial charge in [-0.15, -0.1) is 0 Å². The van der Waals surface area contributed by atoms with Gasteiger partial charge in [0.25, 0.3) is 6.61 Å². The lowest BCUT2D eigenvalue weighted by molar-refractivity contribution is -0.467. The van der Waals surface area contributed by atoms with Crippen molar-refractivity contribution >= 4 is 5.78 Å². The second-order valence-electron chi connectivity index (χ2n) is 7.27. The first-order valence-corrected chi connectivity index (χ1v) is 7.67. The molecule has 0 amide bonds. The molecule has 1 unspecified atom stereocenters. The monoisotopic (exact) mass is 291 g/mol. The molecule has 1 aliphatic heterocycles. The van der Waals surface area contributed by atoms with Crippen LogP contribution in [0.15, 0.2) is 22.8 Å². The highest BCUT2D eigenvalue weighted by Gasteiger charge is 2.68. The van der Waals surface area contributed by atoms with Crippen molar-refractivity contribution in [3.8, 4) is 0 Å². The molecule has 0 saturated heterocycles. The molecule has 0 bridgehead atoms. The van der Waals surface area contributed by atoms with Gasteiger partial charge in [0.1, 0.15) is 6.79 Å². The number of ether oxygens (including phenoxy) is 2. The van der Waals surface area contributed by atoms with Crippen LogP contribution in [0.4, 0.5) is 0 Å². The lowest BCUT2D eigenvalue weighted by atomic mass is 9.66. The van der Waals surface area contributed by atoms with Crippen molar-refractivity contribution < 1.29 is 19.0 Å². The molecule has 1 saturated carbocycles. The summed E-state index contributed by atoms with van der Waals surface area (Å²) in [6.45, 7) is 6.86. The summed E-state index contributed by atoms with van der Waals surface area (Å²) < 4.78 is 17.0. The molecule has 1 fully saturated rings. The van der Waals surface area contributed by atoms with Crippen molar-refractivity contribution in [1.29, 1.82) is 0 Å². The average molecular weight is 291 g/mol. The Labute approximate surface area is 125 Å². The Hall–Kier alpha value is -0.970.